The maximum absolute atomic E-state index is 16.1. The van der Waals surface area contributed by atoms with Gasteiger partial charge in [0.05, 0.1) is 32.8 Å². The summed E-state index contributed by atoms with van der Waals surface area (Å²) in [7, 11) is -3.16. The number of alkyl halides is 1. The van der Waals surface area contributed by atoms with E-state index in [9.17, 15) is 19.3 Å². The number of aromatic nitrogens is 4. The highest BCUT2D eigenvalue weighted by molar-refractivity contribution is 7.51. The Morgan fingerprint density at radius 1 is 1.22 bits per heavy atom. The number of imidazole rings is 1. The lowest BCUT2D eigenvalue weighted by atomic mass is 9.98. The van der Waals surface area contributed by atoms with Gasteiger partial charge >= 0.3 is 19.7 Å². The molecule has 2 N–H and O–H groups in total. The number of hydrogen-bond acceptors (Lipinski definition) is 13. The van der Waals surface area contributed by atoms with Crippen molar-refractivity contribution in [2.24, 2.45) is 0 Å². The van der Waals surface area contributed by atoms with Crippen molar-refractivity contribution in [3.63, 3.8) is 0 Å². The molecule has 0 amide bonds. The number of aliphatic hydroxyl groups excluding tert-OH is 1. The van der Waals surface area contributed by atoms with Crippen LogP contribution in [0.3, 0.4) is 0 Å². The van der Waals surface area contributed by atoms with Crippen LogP contribution in [0.1, 0.15) is 45.3 Å². The number of ether oxygens (including phenoxy) is 4. The first kappa shape index (κ1) is 35.3. The van der Waals surface area contributed by atoms with Gasteiger partial charge in [0.2, 0.25) is 5.88 Å². The molecular weight excluding hydrogens is 628 g/mol. The fourth-order valence-corrected chi connectivity index (χ4v) is 6.24. The highest BCUT2D eigenvalue weighted by Gasteiger charge is 2.56. The second-order valence-corrected chi connectivity index (χ2v) is 12.7. The molecule has 4 rings (SSSR count). The van der Waals surface area contributed by atoms with Gasteiger partial charge in [0, 0.05) is 0 Å². The van der Waals surface area contributed by atoms with E-state index in [4.69, 9.17) is 28.0 Å². The summed E-state index contributed by atoms with van der Waals surface area (Å²) < 4.78 is 63.9. The number of aryl methyl sites for hydroxylation is 1. The van der Waals surface area contributed by atoms with Crippen molar-refractivity contribution in [2.75, 3.05) is 26.9 Å². The molecule has 1 aliphatic rings. The lowest BCUT2D eigenvalue weighted by molar-refractivity contribution is -0.149. The largest absolute Gasteiger partial charge is 0.479 e. The quantitative estimate of drug-likeness (QED) is 0.178. The molecule has 0 aliphatic carbocycles. The van der Waals surface area contributed by atoms with Gasteiger partial charge in [-0.15, -0.1) is 0 Å². The summed E-state index contributed by atoms with van der Waals surface area (Å²) in [5.74, 6) is -1.09. The number of rotatable bonds is 15. The number of fused-ring (bicyclic) bond motifs is 1. The van der Waals surface area contributed by atoms with Crippen molar-refractivity contribution in [3.8, 4) is 5.88 Å². The van der Waals surface area contributed by atoms with E-state index in [0.29, 0.717) is 11.4 Å². The summed E-state index contributed by atoms with van der Waals surface area (Å²) in [6.45, 7) is 6.21. The molecule has 0 radical (unpaired) electrons. The molecule has 3 heterocycles. The number of carbonyl (C=O) groups excluding carboxylic acids is 2. The van der Waals surface area contributed by atoms with Gasteiger partial charge in [0.25, 0.3) is 0 Å². The summed E-state index contributed by atoms with van der Waals surface area (Å²) in [5, 5.41) is 13.6. The fraction of sp³-hybridized carbons (Fsp3) is 0.552. The van der Waals surface area contributed by atoms with E-state index >= 15 is 4.39 Å². The molecule has 1 aliphatic heterocycles. The molecule has 3 aromatic rings. The third kappa shape index (κ3) is 8.24. The lowest BCUT2D eigenvalue weighted by Gasteiger charge is -2.26. The molecule has 15 nitrogen and oxygen atoms in total. The summed E-state index contributed by atoms with van der Waals surface area (Å²) in [6.07, 6.45) is -3.82. The van der Waals surface area contributed by atoms with E-state index in [1.54, 1.807) is 58.0 Å². The Labute approximate surface area is 265 Å². The zero-order chi connectivity index (χ0) is 33.6. The molecule has 17 heteroatoms. The Morgan fingerprint density at radius 3 is 2.59 bits per heavy atom. The third-order valence-corrected chi connectivity index (χ3v) is 8.55. The van der Waals surface area contributed by atoms with Gasteiger partial charge in [0.1, 0.15) is 24.1 Å². The Kier molecular flexibility index (Phi) is 11.5. The molecule has 0 bridgehead atoms. The topological polar surface area (TPSA) is 182 Å². The molecule has 0 saturated carbocycles. The normalized spacial score (nSPS) is 23.3. The van der Waals surface area contributed by atoms with Crippen molar-refractivity contribution in [2.45, 2.75) is 77.3 Å². The first-order valence-corrected chi connectivity index (χ1v) is 16.2. The monoisotopic (exact) mass is 667 g/mol. The van der Waals surface area contributed by atoms with Crippen LogP contribution in [-0.4, -0.2) is 93.5 Å². The Hall–Kier alpha value is -3.53. The standard InChI is InChI=1S/C29H39FN5O10P/c1-7-41-22(36)15-43-46(39,34-20(27(38)44-17(2)3)13-19-11-9-8-10-12-19)42-14-21-24(37)29(5,30)28(45-21)35-16-31-23-25(35)32-18(4)33-26(23)40-6/h8-12,16-17,20-21,24,28,37H,7,13-15H2,1-6H3,(H,34,39)/t20-,21+,24?,28+,29-,46?/m0/s1. The smallest absolute Gasteiger partial charge is 0.406 e. The minimum absolute atomic E-state index is 0.0220. The predicted octanol–water partition coefficient (Wildman–Crippen LogP) is 2.99. The van der Waals surface area contributed by atoms with Crippen molar-refractivity contribution in [3.05, 3.63) is 48.0 Å². The van der Waals surface area contributed by atoms with Crippen LogP contribution < -0.4 is 9.82 Å². The van der Waals surface area contributed by atoms with Crippen molar-refractivity contribution in [1.82, 2.24) is 24.6 Å². The second kappa shape index (κ2) is 14.9. The molecule has 6 atom stereocenters. The first-order valence-electron chi connectivity index (χ1n) is 14.6. The van der Waals surface area contributed by atoms with Crippen LogP contribution in [0.15, 0.2) is 36.7 Å². The van der Waals surface area contributed by atoms with E-state index in [-0.39, 0.29) is 30.1 Å². The lowest BCUT2D eigenvalue weighted by Crippen LogP contribution is -2.42. The Balaban J connectivity index is 1.58. The summed E-state index contributed by atoms with van der Waals surface area (Å²) >= 11 is 0. The van der Waals surface area contributed by atoms with Crippen molar-refractivity contribution in [1.29, 1.82) is 0 Å². The number of methoxy groups -OCH3 is 1. The van der Waals surface area contributed by atoms with Gasteiger partial charge in [-0.2, -0.15) is 4.98 Å². The van der Waals surface area contributed by atoms with Crippen LogP contribution >= 0.6 is 7.75 Å². The minimum Gasteiger partial charge on any atom is -0.479 e. The zero-order valence-electron chi connectivity index (χ0n) is 26.4. The van der Waals surface area contributed by atoms with Gasteiger partial charge in [-0.05, 0) is 46.6 Å². The highest BCUT2D eigenvalue weighted by Crippen LogP contribution is 2.48. The molecule has 1 aromatic carbocycles. The average Bonchev–Trinajstić information content (AvgIpc) is 3.51. The maximum atomic E-state index is 16.1. The van der Waals surface area contributed by atoms with Crippen LogP contribution in [0.4, 0.5) is 4.39 Å². The SMILES string of the molecule is CCOC(=O)COP(=O)(N[C@@H](Cc1ccccc1)C(=O)OC(C)C)OC[C@H]1O[C@@H](n2cnc3c(OC)nc(C)nc32)[C@@](C)(F)C1O. The van der Waals surface area contributed by atoms with E-state index in [2.05, 4.69) is 20.0 Å². The Bertz CT molecular complexity index is 1560. The molecule has 2 aromatic heterocycles. The predicted molar refractivity (Wildman–Crippen MR) is 160 cm³/mol. The van der Waals surface area contributed by atoms with Gasteiger partial charge in [-0.1, -0.05) is 30.3 Å². The number of hydrogen-bond donors (Lipinski definition) is 2. The summed E-state index contributed by atoms with van der Waals surface area (Å²) in [6, 6.07) is 7.60. The number of nitrogens with zero attached hydrogens (tertiary/aromatic N) is 4. The van der Waals surface area contributed by atoms with Crippen LogP contribution in [0.25, 0.3) is 11.2 Å². The molecule has 0 spiro atoms. The van der Waals surface area contributed by atoms with Crippen molar-refractivity contribution < 1.29 is 51.6 Å². The minimum atomic E-state index is -4.57. The Morgan fingerprint density at radius 2 is 1.93 bits per heavy atom. The van der Waals surface area contributed by atoms with Gasteiger partial charge in [0.15, 0.2) is 29.7 Å². The molecule has 2 unspecified atom stereocenters. The summed E-state index contributed by atoms with van der Waals surface area (Å²) in [4.78, 5) is 37.9. The van der Waals surface area contributed by atoms with Crippen LogP contribution in [0, 0.1) is 6.92 Å². The maximum Gasteiger partial charge on any atom is 0.406 e. The van der Waals surface area contributed by atoms with E-state index in [1.165, 1.54) is 18.0 Å². The second-order valence-electron chi connectivity index (χ2n) is 11.0. The number of carbonyl (C=O) groups is 2. The number of halogens is 1. The van der Waals surface area contributed by atoms with Crippen LogP contribution in [-0.2, 0) is 43.8 Å². The first-order chi connectivity index (χ1) is 21.8. The molecule has 1 saturated heterocycles. The van der Waals surface area contributed by atoms with E-state index < -0.39 is 69.1 Å². The molecule has 1 fully saturated rings. The molecule has 252 valence electrons. The highest BCUT2D eigenvalue weighted by atomic mass is 31.2. The molecular formula is C29H39FN5O10P. The van der Waals surface area contributed by atoms with Gasteiger partial charge in [-0.3, -0.25) is 18.4 Å². The third-order valence-electron chi connectivity index (χ3n) is 6.96. The van der Waals surface area contributed by atoms with E-state index in [0.717, 1.165) is 6.92 Å². The van der Waals surface area contributed by atoms with E-state index in [1.807, 2.05) is 0 Å². The van der Waals surface area contributed by atoms with Gasteiger partial charge < -0.3 is 24.1 Å². The van der Waals surface area contributed by atoms with Crippen LogP contribution in [0.2, 0.25) is 0 Å². The number of aliphatic hydroxyl groups is 1. The van der Waals surface area contributed by atoms with Crippen LogP contribution in [0.5, 0.6) is 5.88 Å². The number of nitrogens with one attached hydrogen (secondary N) is 1. The zero-order valence-corrected chi connectivity index (χ0v) is 27.3. The van der Waals surface area contributed by atoms with Crippen molar-refractivity contribution >= 4 is 30.8 Å². The average molecular weight is 668 g/mol. The molecule has 46 heavy (non-hydrogen) atoms. The summed E-state index contributed by atoms with van der Waals surface area (Å²) in [5.41, 5.74) is -1.26. The number of esters is 2. The van der Waals surface area contributed by atoms with Gasteiger partial charge in [-0.25, -0.2) is 28.8 Å². The fourth-order valence-electron chi connectivity index (χ4n) is 4.82. The number of benzene rings is 1.